The lowest BCUT2D eigenvalue weighted by atomic mass is 10.1. The van der Waals surface area contributed by atoms with E-state index in [-0.39, 0.29) is 12.1 Å². The molecule has 1 aromatic heterocycles. The van der Waals surface area contributed by atoms with Crippen LogP contribution in [0.5, 0.6) is 0 Å². The van der Waals surface area contributed by atoms with Gasteiger partial charge < -0.3 is 16.0 Å². The summed E-state index contributed by atoms with van der Waals surface area (Å²) in [5, 5.41) is 8.77. The minimum absolute atomic E-state index is 0.104. The lowest BCUT2D eigenvalue weighted by Gasteiger charge is -2.10. The molecular formula is C17H22N4O. The van der Waals surface area contributed by atoms with Gasteiger partial charge in [0.15, 0.2) is 0 Å². The normalized spacial score (nSPS) is 10.3. The topological polar surface area (TPSA) is 66.1 Å². The molecule has 1 aromatic carbocycles. The van der Waals surface area contributed by atoms with Gasteiger partial charge in [-0.1, -0.05) is 30.3 Å². The first kappa shape index (κ1) is 15.8. The Bertz CT molecular complexity index is 581. The molecule has 0 aliphatic rings. The molecule has 0 saturated heterocycles. The van der Waals surface area contributed by atoms with Crippen molar-refractivity contribution in [2.45, 2.75) is 26.3 Å². The van der Waals surface area contributed by atoms with Crippen LogP contribution < -0.4 is 16.0 Å². The van der Waals surface area contributed by atoms with Crippen LogP contribution in [0.2, 0.25) is 0 Å². The molecule has 0 radical (unpaired) electrons. The van der Waals surface area contributed by atoms with Crippen molar-refractivity contribution in [1.29, 1.82) is 0 Å². The second kappa shape index (κ2) is 8.02. The summed E-state index contributed by atoms with van der Waals surface area (Å²) in [6.07, 6.45) is 2.59. The fraction of sp³-hybridized carbons (Fsp3) is 0.294. The minimum Gasteiger partial charge on any atom is -0.370 e. The fourth-order valence-corrected chi connectivity index (χ4v) is 1.98. The van der Waals surface area contributed by atoms with Gasteiger partial charge in [0, 0.05) is 12.6 Å². The quantitative estimate of drug-likeness (QED) is 0.767. The number of carbonyl (C=O) groups is 1. The zero-order valence-electron chi connectivity index (χ0n) is 13.0. The van der Waals surface area contributed by atoms with E-state index >= 15 is 0 Å². The van der Waals surface area contributed by atoms with E-state index in [0.717, 1.165) is 18.8 Å². The molecule has 1 heterocycles. The van der Waals surface area contributed by atoms with Crippen molar-refractivity contribution in [3.8, 4) is 0 Å². The third-order valence-corrected chi connectivity index (χ3v) is 3.00. The predicted octanol–water partition coefficient (Wildman–Crippen LogP) is 3.27. The van der Waals surface area contributed by atoms with E-state index in [1.165, 1.54) is 5.56 Å². The number of amides is 2. The number of rotatable bonds is 6. The molecule has 5 nitrogen and oxygen atoms in total. The largest absolute Gasteiger partial charge is 0.370 e. The molecule has 22 heavy (non-hydrogen) atoms. The van der Waals surface area contributed by atoms with Crippen molar-refractivity contribution < 1.29 is 4.79 Å². The van der Waals surface area contributed by atoms with Gasteiger partial charge in [-0.05, 0) is 38.0 Å². The van der Waals surface area contributed by atoms with Gasteiger partial charge in [0.1, 0.15) is 5.82 Å². The molecule has 2 rings (SSSR count). The maximum absolute atomic E-state index is 11.6. The molecule has 0 atom stereocenters. The van der Waals surface area contributed by atoms with Gasteiger partial charge in [0.25, 0.3) is 0 Å². The highest BCUT2D eigenvalue weighted by Crippen LogP contribution is 2.10. The fourth-order valence-electron chi connectivity index (χ4n) is 1.98. The number of hydrogen-bond donors (Lipinski definition) is 3. The van der Waals surface area contributed by atoms with Gasteiger partial charge in [-0.15, -0.1) is 0 Å². The number of nitrogens with one attached hydrogen (secondary N) is 3. The van der Waals surface area contributed by atoms with Crippen molar-refractivity contribution in [3.05, 3.63) is 54.2 Å². The van der Waals surface area contributed by atoms with Crippen LogP contribution >= 0.6 is 0 Å². The Balaban J connectivity index is 1.78. The number of hydrogen-bond acceptors (Lipinski definition) is 3. The molecule has 2 amide bonds. The minimum atomic E-state index is -0.221. The van der Waals surface area contributed by atoms with Crippen LogP contribution in [0.4, 0.5) is 16.3 Å². The van der Waals surface area contributed by atoms with Gasteiger partial charge >= 0.3 is 6.03 Å². The van der Waals surface area contributed by atoms with E-state index < -0.39 is 0 Å². The highest BCUT2D eigenvalue weighted by atomic mass is 16.2. The Morgan fingerprint density at radius 2 is 1.91 bits per heavy atom. The lowest BCUT2D eigenvalue weighted by Crippen LogP contribution is -2.34. The molecule has 5 heteroatoms. The third-order valence-electron chi connectivity index (χ3n) is 3.00. The van der Waals surface area contributed by atoms with Crippen molar-refractivity contribution in [3.63, 3.8) is 0 Å². The van der Waals surface area contributed by atoms with Gasteiger partial charge in [0.05, 0.1) is 11.9 Å². The predicted molar refractivity (Wildman–Crippen MR) is 90.2 cm³/mol. The first-order valence-corrected chi connectivity index (χ1v) is 7.45. The zero-order chi connectivity index (χ0) is 15.8. The van der Waals surface area contributed by atoms with Crippen LogP contribution in [0.15, 0.2) is 48.7 Å². The summed E-state index contributed by atoms with van der Waals surface area (Å²) in [6, 6.07) is 13.9. The second-order valence-electron chi connectivity index (χ2n) is 5.35. The molecule has 0 bridgehead atoms. The molecule has 3 N–H and O–H groups in total. The van der Waals surface area contributed by atoms with Gasteiger partial charge in [-0.2, -0.15) is 0 Å². The number of carbonyl (C=O) groups excluding carboxylic acids is 1. The highest BCUT2D eigenvalue weighted by Gasteiger charge is 2.03. The summed E-state index contributed by atoms with van der Waals surface area (Å²) in [5.74, 6) is 0.797. The summed E-state index contributed by atoms with van der Waals surface area (Å²) in [5.41, 5.74) is 1.96. The van der Waals surface area contributed by atoms with Crippen LogP contribution in [0.3, 0.4) is 0 Å². The smallest absolute Gasteiger partial charge is 0.319 e. The first-order valence-electron chi connectivity index (χ1n) is 7.45. The molecule has 0 aliphatic carbocycles. The molecule has 0 spiro atoms. The maximum atomic E-state index is 11.6. The van der Waals surface area contributed by atoms with E-state index in [4.69, 9.17) is 0 Å². The highest BCUT2D eigenvalue weighted by molar-refractivity contribution is 5.89. The average molecular weight is 298 g/mol. The van der Waals surface area contributed by atoms with Crippen LogP contribution in [0.25, 0.3) is 0 Å². The van der Waals surface area contributed by atoms with Crippen molar-refractivity contribution in [1.82, 2.24) is 10.3 Å². The first-order chi connectivity index (χ1) is 10.6. The molecule has 116 valence electrons. The zero-order valence-corrected chi connectivity index (χ0v) is 13.0. The van der Waals surface area contributed by atoms with E-state index in [9.17, 15) is 4.79 Å². The Morgan fingerprint density at radius 1 is 1.14 bits per heavy atom. The summed E-state index contributed by atoms with van der Waals surface area (Å²) in [4.78, 5) is 15.9. The number of aromatic nitrogens is 1. The van der Waals surface area contributed by atoms with E-state index in [0.29, 0.717) is 5.69 Å². The Kier molecular flexibility index (Phi) is 5.77. The lowest BCUT2D eigenvalue weighted by molar-refractivity contribution is 0.250. The SMILES string of the molecule is CC(C)NC(=O)Nc1ccc(NCCc2ccccc2)nc1. The third kappa shape index (κ3) is 5.44. The van der Waals surface area contributed by atoms with E-state index in [1.807, 2.05) is 44.2 Å². The van der Waals surface area contributed by atoms with Gasteiger partial charge in [0.2, 0.25) is 0 Å². The summed E-state index contributed by atoms with van der Waals surface area (Å²) in [7, 11) is 0. The van der Waals surface area contributed by atoms with Crippen LogP contribution in [-0.2, 0) is 6.42 Å². The summed E-state index contributed by atoms with van der Waals surface area (Å²) in [6.45, 7) is 4.65. The number of urea groups is 1. The molecular weight excluding hydrogens is 276 g/mol. The standard InChI is InChI=1S/C17H22N4O/c1-13(2)20-17(22)21-15-8-9-16(19-12-15)18-11-10-14-6-4-3-5-7-14/h3-9,12-13H,10-11H2,1-2H3,(H,18,19)(H2,20,21,22). The van der Waals surface area contributed by atoms with Crippen LogP contribution in [0, 0.1) is 0 Å². The molecule has 0 saturated carbocycles. The molecule has 0 unspecified atom stereocenters. The van der Waals surface area contributed by atoms with E-state index in [2.05, 4.69) is 33.1 Å². The van der Waals surface area contributed by atoms with Crippen molar-refractivity contribution in [2.24, 2.45) is 0 Å². The average Bonchev–Trinajstić information content (AvgIpc) is 2.49. The van der Waals surface area contributed by atoms with Crippen molar-refractivity contribution in [2.75, 3.05) is 17.2 Å². The maximum Gasteiger partial charge on any atom is 0.319 e. The number of benzene rings is 1. The van der Waals surface area contributed by atoms with Crippen LogP contribution in [0.1, 0.15) is 19.4 Å². The van der Waals surface area contributed by atoms with Crippen molar-refractivity contribution >= 4 is 17.5 Å². The number of nitrogens with zero attached hydrogens (tertiary/aromatic N) is 1. The molecule has 0 fully saturated rings. The monoisotopic (exact) mass is 298 g/mol. The number of anilines is 2. The summed E-state index contributed by atoms with van der Waals surface area (Å²) >= 11 is 0. The number of pyridine rings is 1. The van der Waals surface area contributed by atoms with E-state index in [1.54, 1.807) is 6.20 Å². The van der Waals surface area contributed by atoms with Gasteiger partial charge in [-0.25, -0.2) is 9.78 Å². The van der Waals surface area contributed by atoms with Gasteiger partial charge in [-0.3, -0.25) is 0 Å². The summed E-state index contributed by atoms with van der Waals surface area (Å²) < 4.78 is 0. The molecule has 0 aliphatic heterocycles. The molecule has 2 aromatic rings. The second-order valence-corrected chi connectivity index (χ2v) is 5.35. The van der Waals surface area contributed by atoms with Crippen LogP contribution in [-0.4, -0.2) is 23.6 Å². The Labute approximate surface area is 131 Å². The Morgan fingerprint density at radius 3 is 2.55 bits per heavy atom. The Hall–Kier alpha value is -2.56.